The molecule has 1 heterocycles. The summed E-state index contributed by atoms with van der Waals surface area (Å²) in [7, 11) is 0. The molecule has 0 saturated heterocycles. The first-order chi connectivity index (χ1) is 8.97. The summed E-state index contributed by atoms with van der Waals surface area (Å²) in [5.41, 5.74) is 8.37. The van der Waals surface area contributed by atoms with Crippen molar-refractivity contribution in [2.45, 2.75) is 26.7 Å². The van der Waals surface area contributed by atoms with Gasteiger partial charge in [-0.25, -0.2) is 4.98 Å². The lowest BCUT2D eigenvalue weighted by molar-refractivity contribution is 0.459. The van der Waals surface area contributed by atoms with Crippen molar-refractivity contribution in [3.8, 4) is 11.6 Å². The Bertz CT molecular complexity index is 597. The summed E-state index contributed by atoms with van der Waals surface area (Å²) in [6.07, 6.45) is 1.62. The van der Waals surface area contributed by atoms with E-state index < -0.39 is 0 Å². The number of ether oxygens (including phenoxy) is 1. The molecular formula is C15H17ClN2O. The molecule has 1 aromatic heterocycles. The molecule has 0 saturated carbocycles. The van der Waals surface area contributed by atoms with Crippen LogP contribution in [0.4, 0.5) is 5.69 Å². The van der Waals surface area contributed by atoms with Crippen LogP contribution in [-0.4, -0.2) is 4.98 Å². The Morgan fingerprint density at radius 2 is 2.00 bits per heavy atom. The number of benzene rings is 1. The van der Waals surface area contributed by atoms with Gasteiger partial charge in [0, 0.05) is 23.0 Å². The Balaban J connectivity index is 2.37. The lowest BCUT2D eigenvalue weighted by atomic mass is 10.0. The molecule has 2 N–H and O–H groups in total. The Labute approximate surface area is 118 Å². The number of rotatable bonds is 3. The highest BCUT2D eigenvalue weighted by molar-refractivity contribution is 6.31. The van der Waals surface area contributed by atoms with Gasteiger partial charge in [0.25, 0.3) is 0 Å². The maximum atomic E-state index is 6.23. The minimum atomic E-state index is 0.337. The number of nitrogens with two attached hydrogens (primary N) is 1. The van der Waals surface area contributed by atoms with E-state index in [0.717, 1.165) is 21.9 Å². The van der Waals surface area contributed by atoms with E-state index in [0.29, 0.717) is 17.5 Å². The van der Waals surface area contributed by atoms with Crippen molar-refractivity contribution in [1.82, 2.24) is 4.98 Å². The fourth-order valence-electron chi connectivity index (χ4n) is 1.81. The monoisotopic (exact) mass is 276 g/mol. The summed E-state index contributed by atoms with van der Waals surface area (Å²) in [6, 6.07) is 7.30. The molecule has 2 rings (SSSR count). The van der Waals surface area contributed by atoms with Gasteiger partial charge in [0.1, 0.15) is 5.75 Å². The second-order valence-electron chi connectivity index (χ2n) is 4.82. The second-order valence-corrected chi connectivity index (χ2v) is 5.23. The molecule has 0 amide bonds. The molecule has 0 aliphatic carbocycles. The molecule has 0 unspecified atom stereocenters. The molecule has 4 heteroatoms. The van der Waals surface area contributed by atoms with Crippen molar-refractivity contribution in [2.24, 2.45) is 0 Å². The Hall–Kier alpha value is -1.74. The Morgan fingerprint density at radius 3 is 2.63 bits per heavy atom. The minimum absolute atomic E-state index is 0.337. The van der Waals surface area contributed by atoms with Crippen LogP contribution in [0.3, 0.4) is 0 Å². The van der Waals surface area contributed by atoms with Crippen LogP contribution in [0.2, 0.25) is 5.02 Å². The highest BCUT2D eigenvalue weighted by Gasteiger charge is 2.11. The topological polar surface area (TPSA) is 48.1 Å². The summed E-state index contributed by atoms with van der Waals surface area (Å²) >= 11 is 6.23. The average molecular weight is 277 g/mol. The number of nitrogen functional groups attached to an aromatic ring is 1. The van der Waals surface area contributed by atoms with Crippen LogP contribution in [0.1, 0.15) is 30.9 Å². The van der Waals surface area contributed by atoms with E-state index >= 15 is 0 Å². The number of pyridine rings is 1. The summed E-state index contributed by atoms with van der Waals surface area (Å²) in [5, 5.41) is 0.764. The van der Waals surface area contributed by atoms with Gasteiger partial charge in [-0.3, -0.25) is 0 Å². The zero-order chi connectivity index (χ0) is 14.0. The number of hydrogen-bond donors (Lipinski definition) is 1. The van der Waals surface area contributed by atoms with Crippen molar-refractivity contribution in [3.05, 3.63) is 46.6 Å². The number of hydrogen-bond acceptors (Lipinski definition) is 3. The summed E-state index contributed by atoms with van der Waals surface area (Å²) in [5.74, 6) is 1.58. The molecule has 2 aromatic rings. The van der Waals surface area contributed by atoms with Crippen LogP contribution >= 0.6 is 11.6 Å². The van der Waals surface area contributed by atoms with Crippen LogP contribution in [0.25, 0.3) is 0 Å². The van der Waals surface area contributed by atoms with E-state index in [-0.39, 0.29) is 0 Å². The molecule has 0 atom stereocenters. The van der Waals surface area contributed by atoms with Gasteiger partial charge in [-0.1, -0.05) is 25.4 Å². The largest absolute Gasteiger partial charge is 0.439 e. The first kappa shape index (κ1) is 13.7. The molecule has 0 aliphatic heterocycles. The van der Waals surface area contributed by atoms with E-state index in [1.807, 2.05) is 19.1 Å². The van der Waals surface area contributed by atoms with Gasteiger partial charge in [-0.15, -0.1) is 0 Å². The van der Waals surface area contributed by atoms with E-state index in [9.17, 15) is 0 Å². The van der Waals surface area contributed by atoms with Crippen LogP contribution in [0.15, 0.2) is 30.5 Å². The smallest absolute Gasteiger partial charge is 0.221 e. The fourth-order valence-corrected chi connectivity index (χ4v) is 2.25. The molecule has 0 spiro atoms. The van der Waals surface area contributed by atoms with E-state index in [1.165, 1.54) is 0 Å². The third-order valence-electron chi connectivity index (χ3n) is 2.89. The Kier molecular flexibility index (Phi) is 3.96. The molecule has 0 aliphatic rings. The predicted molar refractivity (Wildman–Crippen MR) is 79.0 cm³/mol. The molecule has 100 valence electrons. The molecule has 1 aromatic carbocycles. The first-order valence-corrected chi connectivity index (χ1v) is 6.54. The zero-order valence-electron chi connectivity index (χ0n) is 11.3. The normalized spacial score (nSPS) is 10.8. The van der Waals surface area contributed by atoms with Crippen LogP contribution in [-0.2, 0) is 0 Å². The van der Waals surface area contributed by atoms with Gasteiger partial charge in [0.05, 0.1) is 0 Å². The van der Waals surface area contributed by atoms with Crippen molar-refractivity contribution >= 4 is 17.3 Å². The second kappa shape index (κ2) is 5.49. The fraction of sp³-hybridized carbons (Fsp3) is 0.267. The molecule has 0 radical (unpaired) electrons. The summed E-state index contributed by atoms with van der Waals surface area (Å²) < 4.78 is 5.79. The van der Waals surface area contributed by atoms with Crippen molar-refractivity contribution < 1.29 is 4.74 Å². The van der Waals surface area contributed by atoms with Crippen molar-refractivity contribution in [2.75, 3.05) is 5.73 Å². The van der Waals surface area contributed by atoms with Gasteiger partial charge < -0.3 is 10.5 Å². The Morgan fingerprint density at radius 1 is 1.26 bits per heavy atom. The van der Waals surface area contributed by atoms with E-state index in [4.69, 9.17) is 22.1 Å². The van der Waals surface area contributed by atoms with Crippen LogP contribution < -0.4 is 10.5 Å². The molecule has 0 fully saturated rings. The predicted octanol–water partition coefficient (Wildman–Crippen LogP) is 4.54. The molecule has 19 heavy (non-hydrogen) atoms. The van der Waals surface area contributed by atoms with Gasteiger partial charge in [0.2, 0.25) is 5.88 Å². The third kappa shape index (κ3) is 3.18. The van der Waals surface area contributed by atoms with Gasteiger partial charge in [0.15, 0.2) is 0 Å². The van der Waals surface area contributed by atoms with E-state index in [2.05, 4.69) is 18.8 Å². The highest BCUT2D eigenvalue weighted by Crippen LogP contribution is 2.33. The number of aromatic nitrogens is 1. The SMILES string of the molecule is Cc1cc(Cl)c(C(C)C)cc1Oc1cc(N)ccn1. The standard InChI is InChI=1S/C15H17ClN2O/c1-9(2)12-8-14(10(3)6-13(12)16)19-15-7-11(17)4-5-18-15/h4-9H,1-3H3,(H2,17,18). The van der Waals surface area contributed by atoms with Crippen LogP contribution in [0, 0.1) is 6.92 Å². The van der Waals surface area contributed by atoms with Gasteiger partial charge in [-0.2, -0.15) is 0 Å². The number of nitrogens with zero attached hydrogens (tertiary/aromatic N) is 1. The lowest BCUT2D eigenvalue weighted by Gasteiger charge is -2.14. The van der Waals surface area contributed by atoms with Gasteiger partial charge in [-0.05, 0) is 42.2 Å². The average Bonchev–Trinajstić information content (AvgIpc) is 2.32. The maximum Gasteiger partial charge on any atom is 0.221 e. The summed E-state index contributed by atoms with van der Waals surface area (Å²) in [6.45, 7) is 6.15. The summed E-state index contributed by atoms with van der Waals surface area (Å²) in [4.78, 5) is 4.14. The quantitative estimate of drug-likeness (QED) is 0.895. The lowest BCUT2D eigenvalue weighted by Crippen LogP contribution is -1.96. The first-order valence-electron chi connectivity index (χ1n) is 6.17. The molecule has 3 nitrogen and oxygen atoms in total. The minimum Gasteiger partial charge on any atom is -0.439 e. The van der Waals surface area contributed by atoms with Gasteiger partial charge >= 0.3 is 0 Å². The van der Waals surface area contributed by atoms with E-state index in [1.54, 1.807) is 18.3 Å². The number of halogens is 1. The highest BCUT2D eigenvalue weighted by atomic mass is 35.5. The number of anilines is 1. The van der Waals surface area contributed by atoms with Crippen molar-refractivity contribution in [3.63, 3.8) is 0 Å². The van der Waals surface area contributed by atoms with Crippen molar-refractivity contribution in [1.29, 1.82) is 0 Å². The molecular weight excluding hydrogens is 260 g/mol. The molecule has 0 bridgehead atoms. The number of aryl methyl sites for hydroxylation is 1. The van der Waals surface area contributed by atoms with Crippen LogP contribution in [0.5, 0.6) is 11.6 Å². The third-order valence-corrected chi connectivity index (χ3v) is 3.22. The zero-order valence-corrected chi connectivity index (χ0v) is 12.0. The maximum absolute atomic E-state index is 6.23.